The average Bonchev–Trinajstić information content (AvgIpc) is 2.53. The Morgan fingerprint density at radius 3 is 2.43 bits per heavy atom. The number of alkyl halides is 3. The molecule has 1 atom stereocenters. The lowest BCUT2D eigenvalue weighted by molar-refractivity contribution is -0.122. The van der Waals surface area contributed by atoms with Gasteiger partial charge in [0.25, 0.3) is 0 Å². The summed E-state index contributed by atoms with van der Waals surface area (Å²) in [5.74, 6) is 0. The van der Waals surface area contributed by atoms with Crippen LogP contribution in [0.5, 0.6) is 0 Å². The van der Waals surface area contributed by atoms with E-state index in [2.05, 4.69) is 17.1 Å². The third-order valence-electron chi connectivity index (χ3n) is 3.69. The number of hydrogen-bond donors (Lipinski definition) is 2. The molecule has 2 rings (SSSR count). The van der Waals surface area contributed by atoms with Crippen LogP contribution in [-0.4, -0.2) is 50.0 Å². The van der Waals surface area contributed by atoms with Crippen molar-refractivity contribution in [3.05, 3.63) is 29.8 Å². The number of hydrogen-bond acceptors (Lipinski definition) is 3. The molecule has 0 aliphatic carbocycles. The largest absolute Gasteiger partial charge is 0.405 e. The Bertz CT molecular complexity index is 514. The number of halogens is 3. The number of anilines is 1. The zero-order chi connectivity index (χ0) is 16.9. The maximum absolute atomic E-state index is 12.0. The molecule has 0 saturated carbocycles. The van der Waals surface area contributed by atoms with Crippen molar-refractivity contribution >= 4 is 11.7 Å². The summed E-state index contributed by atoms with van der Waals surface area (Å²) in [4.78, 5) is 13.7. The van der Waals surface area contributed by atoms with Crippen molar-refractivity contribution in [3.63, 3.8) is 0 Å². The zero-order valence-corrected chi connectivity index (χ0v) is 12.8. The standard InChI is InChI=1S/C15H20F3N3O2/c1-11(21-6-8-23-9-7-21)12-2-4-13(5-3-12)20-14(22)19-10-15(16,17)18/h2-5,11H,6-10H2,1H3,(H2,19,20,22). The highest BCUT2D eigenvalue weighted by atomic mass is 19.4. The predicted octanol–water partition coefficient (Wildman–Crippen LogP) is 2.76. The zero-order valence-electron chi connectivity index (χ0n) is 12.8. The molecule has 1 aromatic rings. The summed E-state index contributed by atoms with van der Waals surface area (Å²) in [5, 5.41) is 4.14. The molecule has 1 aliphatic rings. The minimum atomic E-state index is -4.42. The number of ether oxygens (including phenoxy) is 1. The van der Waals surface area contributed by atoms with Gasteiger partial charge in [-0.3, -0.25) is 4.90 Å². The number of rotatable bonds is 4. The molecule has 1 aromatic carbocycles. The van der Waals surface area contributed by atoms with E-state index in [0.717, 1.165) is 18.7 Å². The number of nitrogens with zero attached hydrogens (tertiary/aromatic N) is 1. The molecule has 2 N–H and O–H groups in total. The van der Waals surface area contributed by atoms with Gasteiger partial charge in [0.05, 0.1) is 13.2 Å². The van der Waals surface area contributed by atoms with Gasteiger partial charge in [-0.1, -0.05) is 12.1 Å². The third-order valence-corrected chi connectivity index (χ3v) is 3.69. The van der Waals surface area contributed by atoms with E-state index >= 15 is 0 Å². The Kier molecular flexibility index (Phi) is 5.84. The maximum atomic E-state index is 12.0. The lowest BCUT2D eigenvalue weighted by Gasteiger charge is -2.32. The Morgan fingerprint density at radius 1 is 1.26 bits per heavy atom. The van der Waals surface area contributed by atoms with Gasteiger partial charge in [0.15, 0.2) is 0 Å². The van der Waals surface area contributed by atoms with Gasteiger partial charge in [-0.15, -0.1) is 0 Å². The first-order valence-electron chi connectivity index (χ1n) is 7.38. The van der Waals surface area contributed by atoms with Crippen LogP contribution in [0.2, 0.25) is 0 Å². The second-order valence-electron chi connectivity index (χ2n) is 5.37. The van der Waals surface area contributed by atoms with Crippen LogP contribution < -0.4 is 10.6 Å². The van der Waals surface area contributed by atoms with Crippen LogP contribution in [0.3, 0.4) is 0 Å². The van der Waals surface area contributed by atoms with Crippen LogP contribution in [0, 0.1) is 0 Å². The minimum Gasteiger partial charge on any atom is -0.379 e. The van der Waals surface area contributed by atoms with Gasteiger partial charge in [-0.05, 0) is 24.6 Å². The summed E-state index contributed by atoms with van der Waals surface area (Å²) < 4.78 is 41.4. The van der Waals surface area contributed by atoms with Gasteiger partial charge in [-0.25, -0.2) is 4.79 Å². The molecule has 1 heterocycles. The van der Waals surface area contributed by atoms with E-state index in [0.29, 0.717) is 18.9 Å². The topological polar surface area (TPSA) is 53.6 Å². The monoisotopic (exact) mass is 331 g/mol. The maximum Gasteiger partial charge on any atom is 0.405 e. The number of morpholine rings is 1. The highest BCUT2D eigenvalue weighted by Gasteiger charge is 2.27. The van der Waals surface area contributed by atoms with Gasteiger partial charge in [0.1, 0.15) is 6.54 Å². The number of carbonyl (C=O) groups excluding carboxylic acids is 1. The molecule has 1 aliphatic heterocycles. The summed E-state index contributed by atoms with van der Waals surface area (Å²) in [7, 11) is 0. The molecule has 0 bridgehead atoms. The first-order chi connectivity index (χ1) is 10.8. The molecular weight excluding hydrogens is 311 g/mol. The third kappa shape index (κ3) is 5.72. The van der Waals surface area contributed by atoms with Crippen LogP contribution >= 0.6 is 0 Å². The van der Waals surface area contributed by atoms with E-state index in [1.54, 1.807) is 17.4 Å². The van der Waals surface area contributed by atoms with E-state index in [9.17, 15) is 18.0 Å². The van der Waals surface area contributed by atoms with Crippen molar-refractivity contribution in [2.45, 2.75) is 19.1 Å². The Labute approximate surface area is 132 Å². The molecule has 1 fully saturated rings. The van der Waals surface area contributed by atoms with E-state index in [-0.39, 0.29) is 6.04 Å². The second kappa shape index (κ2) is 7.65. The first kappa shape index (κ1) is 17.6. The van der Waals surface area contributed by atoms with E-state index < -0.39 is 18.8 Å². The SMILES string of the molecule is CC(c1ccc(NC(=O)NCC(F)(F)F)cc1)N1CCOCC1. The smallest absolute Gasteiger partial charge is 0.379 e. The highest BCUT2D eigenvalue weighted by Crippen LogP contribution is 2.22. The Morgan fingerprint density at radius 2 is 1.87 bits per heavy atom. The fraction of sp³-hybridized carbons (Fsp3) is 0.533. The quantitative estimate of drug-likeness (QED) is 0.892. The first-order valence-corrected chi connectivity index (χ1v) is 7.38. The van der Waals surface area contributed by atoms with Gasteiger partial charge in [-0.2, -0.15) is 13.2 Å². The van der Waals surface area contributed by atoms with Crippen LogP contribution in [0.25, 0.3) is 0 Å². The number of nitrogens with one attached hydrogen (secondary N) is 2. The van der Waals surface area contributed by atoms with Gasteiger partial charge in [0.2, 0.25) is 0 Å². The molecule has 1 saturated heterocycles. The van der Waals surface area contributed by atoms with Crippen molar-refractivity contribution < 1.29 is 22.7 Å². The van der Waals surface area contributed by atoms with Crippen molar-refractivity contribution in [1.82, 2.24) is 10.2 Å². The van der Waals surface area contributed by atoms with Crippen LogP contribution in [0.1, 0.15) is 18.5 Å². The normalized spacial score (nSPS) is 17.6. The predicted molar refractivity (Wildman–Crippen MR) is 80.3 cm³/mol. The van der Waals surface area contributed by atoms with Gasteiger partial charge < -0.3 is 15.4 Å². The number of urea groups is 1. The molecule has 1 unspecified atom stereocenters. The minimum absolute atomic E-state index is 0.215. The van der Waals surface area contributed by atoms with E-state index in [4.69, 9.17) is 4.74 Å². The summed E-state index contributed by atoms with van der Waals surface area (Å²) in [6.45, 7) is 3.88. The molecule has 0 spiro atoms. The fourth-order valence-electron chi connectivity index (χ4n) is 2.38. The fourth-order valence-corrected chi connectivity index (χ4v) is 2.38. The van der Waals surface area contributed by atoms with Crippen molar-refractivity contribution in [2.75, 3.05) is 38.2 Å². The molecule has 2 amide bonds. The second-order valence-corrected chi connectivity index (χ2v) is 5.37. The van der Waals surface area contributed by atoms with Crippen molar-refractivity contribution in [2.24, 2.45) is 0 Å². The highest BCUT2D eigenvalue weighted by molar-refractivity contribution is 5.89. The van der Waals surface area contributed by atoms with Crippen LogP contribution in [-0.2, 0) is 4.74 Å². The average molecular weight is 331 g/mol. The molecule has 23 heavy (non-hydrogen) atoms. The van der Waals surface area contributed by atoms with Gasteiger partial charge >= 0.3 is 12.2 Å². The summed E-state index contributed by atoms with van der Waals surface area (Å²) in [5.41, 5.74) is 1.52. The summed E-state index contributed by atoms with van der Waals surface area (Å²) in [6, 6.07) is 6.42. The number of benzene rings is 1. The molecular formula is C15H20F3N3O2. The molecule has 5 nitrogen and oxygen atoms in total. The Hall–Kier alpha value is -1.80. The molecule has 0 radical (unpaired) electrons. The van der Waals surface area contributed by atoms with Crippen molar-refractivity contribution in [1.29, 1.82) is 0 Å². The number of carbonyl (C=O) groups is 1. The van der Waals surface area contributed by atoms with E-state index in [1.165, 1.54) is 0 Å². The lowest BCUT2D eigenvalue weighted by atomic mass is 10.1. The van der Waals surface area contributed by atoms with Gasteiger partial charge in [0, 0.05) is 24.8 Å². The lowest BCUT2D eigenvalue weighted by Crippen LogP contribution is -2.38. The summed E-state index contributed by atoms with van der Waals surface area (Å²) >= 11 is 0. The molecule has 128 valence electrons. The molecule has 0 aromatic heterocycles. The van der Waals surface area contributed by atoms with Crippen molar-refractivity contribution in [3.8, 4) is 0 Å². The van der Waals surface area contributed by atoms with Crippen LogP contribution in [0.4, 0.5) is 23.7 Å². The van der Waals surface area contributed by atoms with E-state index in [1.807, 2.05) is 12.1 Å². The number of amides is 2. The molecule has 8 heteroatoms. The van der Waals surface area contributed by atoms with Crippen LogP contribution in [0.15, 0.2) is 24.3 Å². The Balaban J connectivity index is 1.87. The summed E-state index contributed by atoms with van der Waals surface area (Å²) in [6.07, 6.45) is -4.42.